The predicted octanol–water partition coefficient (Wildman–Crippen LogP) is 3.23. The third kappa shape index (κ3) is 3.35. The van der Waals surface area contributed by atoms with Gasteiger partial charge >= 0.3 is 0 Å². The van der Waals surface area contributed by atoms with Crippen LogP contribution in [0.25, 0.3) is 0 Å². The monoisotopic (exact) mass is 388 g/mol. The number of anilines is 1. The Morgan fingerprint density at radius 2 is 2.00 bits per heavy atom. The van der Waals surface area contributed by atoms with Gasteiger partial charge in [0.2, 0.25) is 0 Å². The van der Waals surface area contributed by atoms with Crippen LogP contribution in [0.2, 0.25) is 0 Å². The molecule has 1 aromatic rings. The van der Waals surface area contributed by atoms with Crippen molar-refractivity contribution in [2.45, 2.75) is 52.8 Å². The maximum atomic E-state index is 13.0. The van der Waals surface area contributed by atoms with Crippen molar-refractivity contribution in [3.8, 4) is 5.75 Å². The number of aliphatic hydroxyl groups excluding tert-OH is 1. The summed E-state index contributed by atoms with van der Waals surface area (Å²) in [7, 11) is 0. The van der Waals surface area contributed by atoms with Crippen LogP contribution in [0, 0.1) is 5.41 Å². The molecule has 152 valence electrons. The third-order valence-electron chi connectivity index (χ3n) is 5.02. The van der Waals surface area contributed by atoms with E-state index in [-0.39, 0.29) is 23.4 Å². The SMILES string of the molecule is CCCOc1ccc(NC(=O)C2=C(O)[C@@]3(C)CO[C@H](C(C)(C)C)N3C2=O)cc1. The fourth-order valence-corrected chi connectivity index (χ4v) is 3.54. The van der Waals surface area contributed by atoms with Crippen LogP contribution in [0.3, 0.4) is 0 Å². The molecule has 28 heavy (non-hydrogen) atoms. The number of hydrogen-bond acceptors (Lipinski definition) is 5. The Hall–Kier alpha value is -2.54. The zero-order chi connectivity index (χ0) is 20.7. The van der Waals surface area contributed by atoms with Gasteiger partial charge in [-0.2, -0.15) is 0 Å². The van der Waals surface area contributed by atoms with Gasteiger partial charge in [0.05, 0.1) is 13.2 Å². The molecule has 0 bridgehead atoms. The lowest BCUT2D eigenvalue weighted by Crippen LogP contribution is -2.50. The number of rotatable bonds is 5. The number of fused-ring (bicyclic) bond motifs is 1. The van der Waals surface area contributed by atoms with Crippen molar-refractivity contribution in [2.75, 3.05) is 18.5 Å². The molecular weight excluding hydrogens is 360 g/mol. The molecule has 0 radical (unpaired) electrons. The Bertz CT molecular complexity index is 809. The fourth-order valence-electron chi connectivity index (χ4n) is 3.54. The van der Waals surface area contributed by atoms with Crippen LogP contribution in [-0.4, -0.2) is 46.8 Å². The smallest absolute Gasteiger partial charge is 0.265 e. The number of carbonyl (C=O) groups excluding carboxylic acids is 2. The van der Waals surface area contributed by atoms with E-state index in [2.05, 4.69) is 5.32 Å². The second kappa shape index (κ2) is 7.13. The van der Waals surface area contributed by atoms with E-state index in [0.717, 1.165) is 6.42 Å². The van der Waals surface area contributed by atoms with E-state index in [1.807, 2.05) is 27.7 Å². The molecule has 1 saturated heterocycles. The molecule has 0 aliphatic carbocycles. The minimum Gasteiger partial charge on any atom is -0.509 e. The van der Waals surface area contributed by atoms with E-state index < -0.39 is 23.6 Å². The standard InChI is InChI=1S/C21H28N2O5/c1-6-11-27-14-9-7-13(8-10-14)22-17(25)15-16(24)21(5)12-28-19(20(2,3)4)23(21)18(15)26/h7-10,19,24H,6,11-12H2,1-5H3,(H,22,25)/t19-,21-/m1/s1. The van der Waals surface area contributed by atoms with Gasteiger partial charge in [0.25, 0.3) is 11.8 Å². The van der Waals surface area contributed by atoms with Crippen molar-refractivity contribution in [2.24, 2.45) is 5.41 Å². The maximum Gasteiger partial charge on any atom is 0.265 e. The Kier molecular flexibility index (Phi) is 5.14. The van der Waals surface area contributed by atoms with Crippen LogP contribution in [-0.2, 0) is 14.3 Å². The summed E-state index contributed by atoms with van der Waals surface area (Å²) in [6.45, 7) is 10.4. The number of nitrogens with one attached hydrogen (secondary N) is 1. The highest BCUT2D eigenvalue weighted by Gasteiger charge is 2.60. The number of amides is 2. The van der Waals surface area contributed by atoms with Crippen LogP contribution in [0.5, 0.6) is 5.75 Å². The minimum atomic E-state index is -1.03. The fraction of sp³-hybridized carbons (Fsp3) is 0.524. The molecule has 7 nitrogen and oxygen atoms in total. The predicted molar refractivity (Wildman–Crippen MR) is 105 cm³/mol. The number of nitrogens with zero attached hydrogens (tertiary/aromatic N) is 1. The minimum absolute atomic E-state index is 0.146. The largest absolute Gasteiger partial charge is 0.509 e. The molecule has 2 heterocycles. The number of aliphatic hydroxyl groups is 1. The molecule has 1 aromatic carbocycles. The summed E-state index contributed by atoms with van der Waals surface area (Å²) < 4.78 is 11.3. The quantitative estimate of drug-likeness (QED) is 0.756. The highest BCUT2D eigenvalue weighted by Crippen LogP contribution is 2.45. The highest BCUT2D eigenvalue weighted by molar-refractivity contribution is 6.25. The molecule has 2 amide bonds. The van der Waals surface area contributed by atoms with Gasteiger partial charge in [-0.05, 0) is 37.6 Å². The van der Waals surface area contributed by atoms with Gasteiger partial charge in [-0.1, -0.05) is 27.7 Å². The maximum absolute atomic E-state index is 13.0. The molecule has 0 saturated carbocycles. The lowest BCUT2D eigenvalue weighted by atomic mass is 9.92. The topological polar surface area (TPSA) is 88.1 Å². The Morgan fingerprint density at radius 1 is 1.36 bits per heavy atom. The molecule has 0 aromatic heterocycles. The zero-order valence-electron chi connectivity index (χ0n) is 17.0. The van der Waals surface area contributed by atoms with E-state index in [0.29, 0.717) is 18.0 Å². The lowest BCUT2D eigenvalue weighted by Gasteiger charge is -2.36. The third-order valence-corrected chi connectivity index (χ3v) is 5.02. The normalized spacial score (nSPS) is 24.5. The van der Waals surface area contributed by atoms with E-state index in [9.17, 15) is 14.7 Å². The molecule has 7 heteroatoms. The molecule has 2 N–H and O–H groups in total. The average molecular weight is 388 g/mol. The molecule has 3 rings (SSSR count). The van der Waals surface area contributed by atoms with Crippen molar-refractivity contribution in [1.29, 1.82) is 0 Å². The number of benzene rings is 1. The summed E-state index contributed by atoms with van der Waals surface area (Å²) in [6, 6.07) is 6.89. The first kappa shape index (κ1) is 20.2. The van der Waals surface area contributed by atoms with Crippen LogP contribution in [0.4, 0.5) is 5.69 Å². The molecular formula is C21H28N2O5. The highest BCUT2D eigenvalue weighted by atomic mass is 16.5. The van der Waals surface area contributed by atoms with Crippen molar-refractivity contribution in [3.63, 3.8) is 0 Å². The number of hydrogen-bond donors (Lipinski definition) is 2. The van der Waals surface area contributed by atoms with Crippen LogP contribution >= 0.6 is 0 Å². The van der Waals surface area contributed by atoms with Crippen molar-refractivity contribution < 1.29 is 24.2 Å². The van der Waals surface area contributed by atoms with Gasteiger partial charge in [0.15, 0.2) is 0 Å². The first-order valence-electron chi connectivity index (χ1n) is 9.53. The molecule has 0 unspecified atom stereocenters. The summed E-state index contributed by atoms with van der Waals surface area (Å²) in [5.74, 6) is -0.687. The second-order valence-electron chi connectivity index (χ2n) is 8.53. The number of carbonyl (C=O) groups is 2. The molecule has 0 spiro atoms. The van der Waals surface area contributed by atoms with Gasteiger partial charge in [-0.15, -0.1) is 0 Å². The summed E-state index contributed by atoms with van der Waals surface area (Å²) in [5, 5.41) is 13.4. The van der Waals surface area contributed by atoms with Crippen LogP contribution in [0.15, 0.2) is 35.6 Å². The van der Waals surface area contributed by atoms with Gasteiger partial charge in [-0.3, -0.25) is 14.5 Å². The number of ether oxygens (including phenoxy) is 2. The Balaban J connectivity index is 1.80. The lowest BCUT2D eigenvalue weighted by molar-refractivity contribution is -0.140. The summed E-state index contributed by atoms with van der Waals surface area (Å²) in [5.41, 5.74) is -1.10. The van der Waals surface area contributed by atoms with E-state index in [1.54, 1.807) is 31.2 Å². The Labute approximate surface area is 165 Å². The van der Waals surface area contributed by atoms with Crippen LogP contribution < -0.4 is 10.1 Å². The first-order valence-corrected chi connectivity index (χ1v) is 9.53. The van der Waals surface area contributed by atoms with Crippen molar-refractivity contribution >= 4 is 17.5 Å². The zero-order valence-corrected chi connectivity index (χ0v) is 17.0. The van der Waals surface area contributed by atoms with E-state index in [1.165, 1.54) is 4.90 Å². The Morgan fingerprint density at radius 3 is 2.57 bits per heavy atom. The van der Waals surface area contributed by atoms with Crippen molar-refractivity contribution in [1.82, 2.24) is 4.90 Å². The second-order valence-corrected chi connectivity index (χ2v) is 8.53. The van der Waals surface area contributed by atoms with Gasteiger partial charge < -0.3 is 19.9 Å². The summed E-state index contributed by atoms with van der Waals surface area (Å²) in [4.78, 5) is 27.3. The van der Waals surface area contributed by atoms with E-state index in [4.69, 9.17) is 9.47 Å². The summed E-state index contributed by atoms with van der Waals surface area (Å²) in [6.07, 6.45) is 0.384. The average Bonchev–Trinajstić information content (AvgIpc) is 3.08. The van der Waals surface area contributed by atoms with Crippen molar-refractivity contribution in [3.05, 3.63) is 35.6 Å². The first-order chi connectivity index (χ1) is 13.1. The molecule has 2 aliphatic heterocycles. The van der Waals surface area contributed by atoms with Crippen LogP contribution in [0.1, 0.15) is 41.0 Å². The molecule has 2 aliphatic rings. The molecule has 1 fully saturated rings. The summed E-state index contributed by atoms with van der Waals surface area (Å²) >= 11 is 0. The van der Waals surface area contributed by atoms with Gasteiger partial charge in [-0.25, -0.2) is 0 Å². The van der Waals surface area contributed by atoms with Gasteiger partial charge in [0.1, 0.15) is 28.8 Å². The van der Waals surface area contributed by atoms with E-state index >= 15 is 0 Å². The van der Waals surface area contributed by atoms with Gasteiger partial charge in [0, 0.05) is 11.1 Å². The molecule has 2 atom stereocenters.